The summed E-state index contributed by atoms with van der Waals surface area (Å²) in [5.41, 5.74) is 3.64. The molecule has 2 aromatic carbocycles. The smallest absolute Gasteiger partial charge is 0.257 e. The molecule has 0 aliphatic rings. The summed E-state index contributed by atoms with van der Waals surface area (Å²) >= 11 is 0. The Morgan fingerprint density at radius 2 is 1.67 bits per heavy atom. The maximum Gasteiger partial charge on any atom is 0.257 e. The standard InChI is InChI=1S/C25H25F2N3O3/c1-13(2)29-24(32)22-10-17(12-28-15(22)4)21-6-5-20(7-14(21)3)30-25(33)23(31)16-8-18(26)11-19(27)9-16/h5-13,23,31H,1-4H3,(H,29,32)(H,30,33)/t23-/m1/s1. The Kier molecular flexibility index (Phi) is 7.18. The average Bonchev–Trinajstić information content (AvgIpc) is 2.72. The van der Waals surface area contributed by atoms with Crippen LogP contribution in [0.15, 0.2) is 48.7 Å². The van der Waals surface area contributed by atoms with Gasteiger partial charge in [-0.15, -0.1) is 0 Å². The van der Waals surface area contributed by atoms with E-state index in [1.54, 1.807) is 37.4 Å². The zero-order chi connectivity index (χ0) is 24.3. The van der Waals surface area contributed by atoms with Crippen molar-refractivity contribution in [1.29, 1.82) is 0 Å². The molecule has 8 heteroatoms. The van der Waals surface area contributed by atoms with Gasteiger partial charge in [0.2, 0.25) is 0 Å². The predicted molar refractivity (Wildman–Crippen MR) is 122 cm³/mol. The summed E-state index contributed by atoms with van der Waals surface area (Å²) in [6.07, 6.45) is -0.0665. The first-order valence-corrected chi connectivity index (χ1v) is 10.4. The molecule has 33 heavy (non-hydrogen) atoms. The van der Waals surface area contributed by atoms with Crippen LogP contribution in [0.1, 0.15) is 47.1 Å². The van der Waals surface area contributed by atoms with E-state index < -0.39 is 23.6 Å². The molecule has 0 unspecified atom stereocenters. The van der Waals surface area contributed by atoms with Gasteiger partial charge in [0.25, 0.3) is 11.8 Å². The van der Waals surface area contributed by atoms with Crippen LogP contribution in [0, 0.1) is 25.5 Å². The molecule has 0 spiro atoms. The third-order valence-corrected chi connectivity index (χ3v) is 5.01. The SMILES string of the molecule is Cc1cc(NC(=O)[C@H](O)c2cc(F)cc(F)c2)ccc1-c1cnc(C)c(C(=O)NC(C)C)c1. The van der Waals surface area contributed by atoms with Crippen LogP contribution >= 0.6 is 0 Å². The van der Waals surface area contributed by atoms with Crippen molar-refractivity contribution < 1.29 is 23.5 Å². The molecule has 0 aliphatic heterocycles. The van der Waals surface area contributed by atoms with Gasteiger partial charge >= 0.3 is 0 Å². The molecule has 0 radical (unpaired) electrons. The number of aliphatic hydroxyl groups is 1. The first-order chi connectivity index (χ1) is 15.5. The highest BCUT2D eigenvalue weighted by molar-refractivity contribution is 5.97. The number of aromatic nitrogens is 1. The van der Waals surface area contributed by atoms with E-state index in [1.807, 2.05) is 20.8 Å². The van der Waals surface area contributed by atoms with Gasteiger partial charge in [-0.25, -0.2) is 8.78 Å². The lowest BCUT2D eigenvalue weighted by Gasteiger charge is -2.15. The topological polar surface area (TPSA) is 91.3 Å². The molecule has 0 saturated carbocycles. The third-order valence-electron chi connectivity index (χ3n) is 5.01. The molecule has 6 nitrogen and oxygen atoms in total. The van der Waals surface area contributed by atoms with Crippen LogP contribution in [-0.4, -0.2) is 27.9 Å². The van der Waals surface area contributed by atoms with Gasteiger partial charge in [0.05, 0.1) is 11.3 Å². The molecule has 172 valence electrons. The number of hydrogen-bond donors (Lipinski definition) is 3. The largest absolute Gasteiger partial charge is 0.378 e. The number of carbonyl (C=O) groups excluding carboxylic acids is 2. The van der Waals surface area contributed by atoms with Crippen LogP contribution in [0.4, 0.5) is 14.5 Å². The molecule has 3 rings (SSSR count). The normalized spacial score (nSPS) is 11.9. The minimum Gasteiger partial charge on any atom is -0.378 e. The first kappa shape index (κ1) is 24.0. The maximum absolute atomic E-state index is 13.4. The number of nitrogens with one attached hydrogen (secondary N) is 2. The van der Waals surface area contributed by atoms with Crippen molar-refractivity contribution in [1.82, 2.24) is 10.3 Å². The molecule has 3 aromatic rings. The molecule has 0 fully saturated rings. The van der Waals surface area contributed by atoms with Crippen molar-refractivity contribution >= 4 is 17.5 Å². The highest BCUT2D eigenvalue weighted by Crippen LogP contribution is 2.28. The molecule has 3 N–H and O–H groups in total. The molecule has 1 heterocycles. The van der Waals surface area contributed by atoms with Gasteiger partial charge in [-0.1, -0.05) is 6.07 Å². The second kappa shape index (κ2) is 9.87. The molecule has 2 amide bonds. The highest BCUT2D eigenvalue weighted by Gasteiger charge is 2.20. The first-order valence-electron chi connectivity index (χ1n) is 10.4. The average molecular weight is 453 g/mol. The summed E-state index contributed by atoms with van der Waals surface area (Å²) in [5, 5.41) is 15.6. The number of nitrogens with zero attached hydrogens (tertiary/aromatic N) is 1. The van der Waals surface area contributed by atoms with E-state index >= 15 is 0 Å². The second-order valence-electron chi connectivity index (χ2n) is 8.11. The number of carbonyl (C=O) groups is 2. The summed E-state index contributed by atoms with van der Waals surface area (Å²) in [5.74, 6) is -2.80. The Labute approximate surface area is 190 Å². The highest BCUT2D eigenvalue weighted by atomic mass is 19.1. The van der Waals surface area contributed by atoms with Crippen molar-refractivity contribution in [3.8, 4) is 11.1 Å². The second-order valence-corrected chi connectivity index (χ2v) is 8.11. The fourth-order valence-corrected chi connectivity index (χ4v) is 3.41. The van der Waals surface area contributed by atoms with Crippen LogP contribution < -0.4 is 10.6 Å². The molecule has 0 saturated heterocycles. The Bertz CT molecular complexity index is 1190. The monoisotopic (exact) mass is 453 g/mol. The quantitative estimate of drug-likeness (QED) is 0.514. The predicted octanol–water partition coefficient (Wildman–Crippen LogP) is 4.45. The Balaban J connectivity index is 1.81. The summed E-state index contributed by atoms with van der Waals surface area (Å²) in [6, 6.07) is 9.31. The minimum atomic E-state index is -1.74. The molecule has 1 aromatic heterocycles. The molecule has 0 aliphatic carbocycles. The number of anilines is 1. The summed E-state index contributed by atoms with van der Waals surface area (Å²) in [4.78, 5) is 29.2. The van der Waals surface area contributed by atoms with Crippen LogP contribution in [0.5, 0.6) is 0 Å². The van der Waals surface area contributed by atoms with Gasteiger partial charge in [0, 0.05) is 29.6 Å². The molecular weight excluding hydrogens is 428 g/mol. The summed E-state index contributed by atoms with van der Waals surface area (Å²) in [7, 11) is 0. The van der Waals surface area contributed by atoms with Crippen molar-refractivity contribution in [2.75, 3.05) is 5.32 Å². The zero-order valence-electron chi connectivity index (χ0n) is 18.7. The third kappa shape index (κ3) is 5.78. The van der Waals surface area contributed by atoms with Gasteiger partial charge < -0.3 is 15.7 Å². The van der Waals surface area contributed by atoms with Gasteiger partial charge in [0.15, 0.2) is 6.10 Å². The summed E-state index contributed by atoms with van der Waals surface area (Å²) in [6.45, 7) is 7.35. The van der Waals surface area contributed by atoms with Gasteiger partial charge in [-0.05, 0) is 74.7 Å². The Morgan fingerprint density at radius 3 is 2.27 bits per heavy atom. The number of pyridine rings is 1. The van der Waals surface area contributed by atoms with E-state index in [1.165, 1.54) is 0 Å². The lowest BCUT2D eigenvalue weighted by molar-refractivity contribution is -0.124. The molecule has 1 atom stereocenters. The van der Waals surface area contributed by atoms with Crippen LogP contribution in [0.2, 0.25) is 0 Å². The van der Waals surface area contributed by atoms with Gasteiger partial charge in [-0.3, -0.25) is 14.6 Å². The fraction of sp³-hybridized carbons (Fsp3) is 0.240. The number of hydrogen-bond acceptors (Lipinski definition) is 4. The molecule has 0 bridgehead atoms. The van der Waals surface area contributed by atoms with Crippen molar-refractivity contribution in [3.05, 3.63) is 82.7 Å². The maximum atomic E-state index is 13.4. The van der Waals surface area contributed by atoms with Crippen LogP contribution in [-0.2, 0) is 4.79 Å². The number of benzene rings is 2. The van der Waals surface area contributed by atoms with Gasteiger partial charge in [-0.2, -0.15) is 0 Å². The van der Waals surface area contributed by atoms with E-state index in [0.29, 0.717) is 23.0 Å². The van der Waals surface area contributed by atoms with E-state index in [-0.39, 0.29) is 17.5 Å². The zero-order valence-corrected chi connectivity index (χ0v) is 18.7. The van der Waals surface area contributed by atoms with E-state index in [2.05, 4.69) is 15.6 Å². The number of rotatable bonds is 6. The number of aliphatic hydroxyl groups excluding tert-OH is 1. The Morgan fingerprint density at radius 1 is 1.00 bits per heavy atom. The minimum absolute atomic E-state index is 0.00981. The van der Waals surface area contributed by atoms with Crippen LogP contribution in [0.25, 0.3) is 11.1 Å². The van der Waals surface area contributed by atoms with E-state index in [4.69, 9.17) is 0 Å². The van der Waals surface area contributed by atoms with Crippen molar-refractivity contribution in [3.63, 3.8) is 0 Å². The van der Waals surface area contributed by atoms with E-state index in [0.717, 1.165) is 28.8 Å². The van der Waals surface area contributed by atoms with Gasteiger partial charge in [0.1, 0.15) is 11.6 Å². The van der Waals surface area contributed by atoms with Crippen molar-refractivity contribution in [2.24, 2.45) is 0 Å². The number of halogens is 2. The van der Waals surface area contributed by atoms with Crippen molar-refractivity contribution in [2.45, 2.75) is 39.8 Å². The summed E-state index contributed by atoms with van der Waals surface area (Å²) < 4.78 is 26.8. The Hall–Kier alpha value is -3.65. The van der Waals surface area contributed by atoms with Crippen LogP contribution in [0.3, 0.4) is 0 Å². The fourth-order valence-electron chi connectivity index (χ4n) is 3.41. The lowest BCUT2D eigenvalue weighted by atomic mass is 9.99. The molecular formula is C25H25F2N3O3. The van der Waals surface area contributed by atoms with E-state index in [9.17, 15) is 23.5 Å². The number of amides is 2. The number of aryl methyl sites for hydroxylation is 2. The lowest BCUT2D eigenvalue weighted by Crippen LogP contribution is -2.30.